The summed E-state index contributed by atoms with van der Waals surface area (Å²) < 4.78 is 7.07. The Morgan fingerprint density at radius 2 is 2.50 bits per heavy atom. The number of hydrogen-bond donors (Lipinski definition) is 2. The van der Waals surface area contributed by atoms with Gasteiger partial charge in [0.25, 0.3) is 0 Å². The van der Waals surface area contributed by atoms with Crippen LogP contribution in [0.2, 0.25) is 0 Å². The number of anilines is 1. The molecule has 18 heavy (non-hydrogen) atoms. The van der Waals surface area contributed by atoms with Crippen LogP contribution >= 0.6 is 0 Å². The smallest absolute Gasteiger partial charge is 0.351 e. The highest BCUT2D eigenvalue weighted by molar-refractivity contribution is 5.23. The Bertz CT molecular complexity index is 486. The summed E-state index contributed by atoms with van der Waals surface area (Å²) in [6.07, 6.45) is 4.11. The minimum Gasteiger partial charge on any atom is -0.394 e. The Kier molecular flexibility index (Phi) is 3.78. The van der Waals surface area contributed by atoms with Gasteiger partial charge in [-0.05, 0) is 24.8 Å². The second-order valence-electron chi connectivity index (χ2n) is 4.37. The van der Waals surface area contributed by atoms with Gasteiger partial charge in [-0.3, -0.25) is 4.57 Å². The summed E-state index contributed by atoms with van der Waals surface area (Å²) in [4.78, 5) is 15.4. The molecule has 2 heterocycles. The van der Waals surface area contributed by atoms with E-state index in [1.807, 2.05) is 0 Å². The lowest BCUT2D eigenvalue weighted by atomic mass is 9.97. The SMILES string of the molecule is C=CC[C@H]1C[C@H](n2ccc(N)nc2=O)O[C@@H]1CO. The van der Waals surface area contributed by atoms with Gasteiger partial charge in [0.15, 0.2) is 0 Å². The molecule has 0 saturated carbocycles. The van der Waals surface area contributed by atoms with E-state index >= 15 is 0 Å². The van der Waals surface area contributed by atoms with Crippen molar-refractivity contribution in [2.45, 2.75) is 25.2 Å². The number of aromatic nitrogens is 2. The monoisotopic (exact) mass is 251 g/mol. The van der Waals surface area contributed by atoms with Crippen LogP contribution in [0.4, 0.5) is 5.82 Å². The van der Waals surface area contributed by atoms with Gasteiger partial charge < -0.3 is 15.6 Å². The van der Waals surface area contributed by atoms with Gasteiger partial charge in [0.2, 0.25) is 0 Å². The molecular weight excluding hydrogens is 234 g/mol. The Morgan fingerprint density at radius 1 is 1.72 bits per heavy atom. The Labute approximate surface area is 105 Å². The lowest BCUT2D eigenvalue weighted by Gasteiger charge is -2.14. The molecule has 1 fully saturated rings. The van der Waals surface area contributed by atoms with E-state index < -0.39 is 11.9 Å². The fourth-order valence-corrected chi connectivity index (χ4v) is 2.26. The van der Waals surface area contributed by atoms with Crippen molar-refractivity contribution in [1.29, 1.82) is 0 Å². The molecule has 1 saturated heterocycles. The fraction of sp³-hybridized carbons (Fsp3) is 0.500. The van der Waals surface area contributed by atoms with E-state index in [2.05, 4.69) is 11.6 Å². The number of nitrogens with two attached hydrogens (primary N) is 1. The second kappa shape index (κ2) is 5.32. The molecule has 0 amide bonds. The number of nitrogen functional groups attached to an aromatic ring is 1. The third-order valence-electron chi connectivity index (χ3n) is 3.17. The van der Waals surface area contributed by atoms with Gasteiger partial charge in [-0.1, -0.05) is 6.08 Å². The first-order valence-corrected chi connectivity index (χ1v) is 5.87. The topological polar surface area (TPSA) is 90.4 Å². The lowest BCUT2D eigenvalue weighted by molar-refractivity contribution is -0.0323. The van der Waals surface area contributed by atoms with Gasteiger partial charge in [0.05, 0.1) is 12.7 Å². The maximum Gasteiger partial charge on any atom is 0.351 e. The van der Waals surface area contributed by atoms with Gasteiger partial charge >= 0.3 is 5.69 Å². The van der Waals surface area contributed by atoms with Crippen LogP contribution in [-0.4, -0.2) is 27.4 Å². The summed E-state index contributed by atoms with van der Waals surface area (Å²) in [6.45, 7) is 3.62. The standard InChI is InChI=1S/C12H17N3O3/c1-2-3-8-6-11(18-9(8)7-16)15-5-4-10(13)14-12(15)17/h2,4-5,8-9,11,16H,1,3,6-7H2,(H2,13,14,17)/t8-,9+,11+/m0/s1. The van der Waals surface area contributed by atoms with Crippen molar-refractivity contribution in [1.82, 2.24) is 9.55 Å². The highest BCUT2D eigenvalue weighted by Crippen LogP contribution is 2.34. The van der Waals surface area contributed by atoms with E-state index in [0.29, 0.717) is 6.42 Å². The normalized spacial score (nSPS) is 27.3. The van der Waals surface area contributed by atoms with E-state index in [1.165, 1.54) is 4.57 Å². The van der Waals surface area contributed by atoms with Crippen molar-refractivity contribution in [3.05, 3.63) is 35.4 Å². The van der Waals surface area contributed by atoms with Crippen LogP contribution < -0.4 is 11.4 Å². The molecule has 0 aliphatic carbocycles. The average molecular weight is 251 g/mol. The van der Waals surface area contributed by atoms with Gasteiger partial charge in [0, 0.05) is 6.20 Å². The van der Waals surface area contributed by atoms with Crippen molar-refractivity contribution < 1.29 is 9.84 Å². The predicted octanol–water partition coefficient (Wildman–Crippen LogP) is 0.298. The minimum atomic E-state index is -0.434. The highest BCUT2D eigenvalue weighted by Gasteiger charge is 2.35. The zero-order valence-corrected chi connectivity index (χ0v) is 10.0. The molecule has 0 bridgehead atoms. The predicted molar refractivity (Wildman–Crippen MR) is 66.8 cm³/mol. The van der Waals surface area contributed by atoms with Crippen LogP contribution in [0.1, 0.15) is 19.1 Å². The lowest BCUT2D eigenvalue weighted by Crippen LogP contribution is -2.27. The van der Waals surface area contributed by atoms with Crippen LogP contribution in [0.3, 0.4) is 0 Å². The second-order valence-corrected chi connectivity index (χ2v) is 4.37. The molecule has 1 aromatic rings. The van der Waals surface area contributed by atoms with Crippen LogP contribution in [0.5, 0.6) is 0 Å². The Balaban J connectivity index is 2.20. The third-order valence-corrected chi connectivity index (χ3v) is 3.17. The number of allylic oxidation sites excluding steroid dienone is 1. The molecule has 1 aromatic heterocycles. The average Bonchev–Trinajstić information content (AvgIpc) is 2.72. The minimum absolute atomic E-state index is 0.0633. The summed E-state index contributed by atoms with van der Waals surface area (Å²) in [7, 11) is 0. The van der Waals surface area contributed by atoms with Gasteiger partial charge in [-0.25, -0.2) is 4.79 Å². The summed E-state index contributed by atoms with van der Waals surface area (Å²) in [5.41, 5.74) is 5.00. The van der Waals surface area contributed by atoms with Crippen molar-refractivity contribution in [2.24, 2.45) is 5.92 Å². The van der Waals surface area contributed by atoms with Crippen LogP contribution in [-0.2, 0) is 4.74 Å². The number of rotatable bonds is 4. The summed E-state index contributed by atoms with van der Waals surface area (Å²) >= 11 is 0. The highest BCUT2D eigenvalue weighted by atomic mass is 16.5. The third kappa shape index (κ3) is 2.44. The van der Waals surface area contributed by atoms with Gasteiger partial charge in [-0.15, -0.1) is 6.58 Å². The summed E-state index contributed by atoms with van der Waals surface area (Å²) in [5.74, 6) is 0.359. The zero-order valence-electron chi connectivity index (χ0n) is 10.0. The first-order valence-electron chi connectivity index (χ1n) is 5.87. The van der Waals surface area contributed by atoms with Gasteiger partial charge in [-0.2, -0.15) is 4.98 Å². The molecule has 0 radical (unpaired) electrons. The number of aliphatic hydroxyl groups excluding tert-OH is 1. The molecule has 3 N–H and O–H groups in total. The molecule has 6 nitrogen and oxygen atoms in total. The van der Waals surface area contributed by atoms with Crippen molar-refractivity contribution in [2.75, 3.05) is 12.3 Å². The molecule has 0 spiro atoms. The molecule has 1 aliphatic heterocycles. The number of nitrogens with zero attached hydrogens (tertiary/aromatic N) is 2. The number of hydrogen-bond acceptors (Lipinski definition) is 5. The van der Waals surface area contributed by atoms with Crippen molar-refractivity contribution >= 4 is 5.82 Å². The van der Waals surface area contributed by atoms with Crippen LogP contribution in [0.15, 0.2) is 29.7 Å². The Morgan fingerprint density at radius 3 is 3.11 bits per heavy atom. The molecule has 2 rings (SSSR count). The molecule has 6 heteroatoms. The number of aliphatic hydroxyl groups is 1. The first-order chi connectivity index (χ1) is 8.65. The van der Waals surface area contributed by atoms with Crippen molar-refractivity contribution in [3.63, 3.8) is 0 Å². The van der Waals surface area contributed by atoms with E-state index in [4.69, 9.17) is 10.5 Å². The van der Waals surface area contributed by atoms with Gasteiger partial charge in [0.1, 0.15) is 12.0 Å². The van der Waals surface area contributed by atoms with E-state index in [0.717, 1.165) is 6.42 Å². The van der Waals surface area contributed by atoms with E-state index in [1.54, 1.807) is 18.3 Å². The molecule has 0 unspecified atom stereocenters. The fourth-order valence-electron chi connectivity index (χ4n) is 2.26. The van der Waals surface area contributed by atoms with Crippen LogP contribution in [0.25, 0.3) is 0 Å². The molecule has 98 valence electrons. The molecule has 1 aliphatic rings. The maximum atomic E-state index is 11.7. The van der Waals surface area contributed by atoms with E-state index in [-0.39, 0.29) is 24.4 Å². The number of ether oxygens (including phenoxy) is 1. The quantitative estimate of drug-likeness (QED) is 0.751. The summed E-state index contributed by atoms with van der Waals surface area (Å²) in [5, 5.41) is 9.26. The van der Waals surface area contributed by atoms with Crippen LogP contribution in [0, 0.1) is 5.92 Å². The summed E-state index contributed by atoms with van der Waals surface area (Å²) in [6, 6.07) is 1.56. The maximum absolute atomic E-state index is 11.7. The molecule has 3 atom stereocenters. The first kappa shape index (κ1) is 12.8. The molecular formula is C12H17N3O3. The zero-order chi connectivity index (χ0) is 13.1. The largest absolute Gasteiger partial charge is 0.394 e. The molecule has 0 aromatic carbocycles. The van der Waals surface area contributed by atoms with E-state index in [9.17, 15) is 9.90 Å². The van der Waals surface area contributed by atoms with Crippen molar-refractivity contribution in [3.8, 4) is 0 Å². The Hall–Kier alpha value is -1.66.